The third-order valence-corrected chi connectivity index (χ3v) is 5.64. The summed E-state index contributed by atoms with van der Waals surface area (Å²) in [6.45, 7) is 0. The van der Waals surface area contributed by atoms with E-state index >= 15 is 0 Å². The molecule has 15 heavy (non-hydrogen) atoms. The van der Waals surface area contributed by atoms with Crippen LogP contribution in [-0.2, 0) is 13.7 Å². The van der Waals surface area contributed by atoms with E-state index < -0.39 is 47.2 Å². The predicted molar refractivity (Wildman–Crippen MR) is 53.4 cm³/mol. The van der Waals surface area contributed by atoms with Crippen LogP contribution in [0.25, 0.3) is 0 Å². The summed E-state index contributed by atoms with van der Waals surface area (Å²) in [4.78, 5) is 42.8. The first-order valence-corrected chi connectivity index (χ1v) is 9.44. The molecule has 0 spiro atoms. The Bertz CT molecular complexity index is 308. The maximum absolute atomic E-state index is 11.2. The Hall–Kier alpha value is 0.490. The molecule has 0 aliphatic carbocycles. The Kier molecular flexibility index (Phi) is 5.38. The highest BCUT2D eigenvalue weighted by Gasteiger charge is 2.27. The normalized spacial score (nSPS) is 14.2. The van der Waals surface area contributed by atoms with Gasteiger partial charge in [0, 0.05) is 12.3 Å². The van der Waals surface area contributed by atoms with E-state index in [9.17, 15) is 13.7 Å². The fourth-order valence-electron chi connectivity index (χ4n) is 0.685. The minimum absolute atomic E-state index is 0.642. The Morgan fingerprint density at radius 2 is 0.867 bits per heavy atom. The first-order valence-electron chi connectivity index (χ1n) is 3.81. The summed E-state index contributed by atoms with van der Waals surface area (Å²) in [6, 6.07) is 0. The minimum atomic E-state index is -4.35. The Morgan fingerprint density at radius 3 is 1.07 bits per heavy atom. The van der Waals surface area contributed by atoms with Crippen LogP contribution in [0.2, 0.25) is 0 Å². The molecule has 11 heteroatoms. The van der Waals surface area contributed by atoms with Crippen LogP contribution in [0.4, 0.5) is 0 Å². The van der Waals surface area contributed by atoms with Crippen molar-refractivity contribution in [1.29, 1.82) is 0 Å². The first kappa shape index (κ1) is 15.5. The van der Waals surface area contributed by atoms with E-state index in [1.54, 1.807) is 0 Å². The molecule has 0 heterocycles. The maximum atomic E-state index is 11.2. The van der Waals surface area contributed by atoms with Gasteiger partial charge in [0.05, 0.1) is 12.3 Å². The zero-order valence-corrected chi connectivity index (χ0v) is 10.3. The molecular formula is C4H13O8P3. The third kappa shape index (κ3) is 10.8. The van der Waals surface area contributed by atoms with Crippen LogP contribution in [0, 0.1) is 0 Å². The molecule has 5 N–H and O–H groups in total. The van der Waals surface area contributed by atoms with Gasteiger partial charge in [-0.15, -0.1) is 0 Å². The fraction of sp³-hybridized carbons (Fsp3) is 1.00. The van der Waals surface area contributed by atoms with Gasteiger partial charge in [-0.1, -0.05) is 0 Å². The van der Waals surface area contributed by atoms with E-state index in [0.29, 0.717) is 0 Å². The molecule has 0 fully saturated rings. The van der Waals surface area contributed by atoms with Gasteiger partial charge in [0.15, 0.2) is 0 Å². The summed E-state index contributed by atoms with van der Waals surface area (Å²) < 4.78 is 32.0. The lowest BCUT2D eigenvalue weighted by molar-refractivity contribution is 0.373. The maximum Gasteiger partial charge on any atom is 0.326 e. The van der Waals surface area contributed by atoms with Gasteiger partial charge in [-0.2, -0.15) is 0 Å². The second-order valence-corrected chi connectivity index (χ2v) is 9.21. The van der Waals surface area contributed by atoms with Crippen LogP contribution >= 0.6 is 22.6 Å². The van der Waals surface area contributed by atoms with Gasteiger partial charge in [0.1, 0.15) is 0 Å². The van der Waals surface area contributed by atoms with E-state index in [4.69, 9.17) is 24.5 Å². The van der Waals surface area contributed by atoms with Gasteiger partial charge in [-0.3, -0.25) is 13.7 Å². The predicted octanol–water partition coefficient (Wildman–Crippen LogP) is -0.388. The lowest BCUT2D eigenvalue weighted by Crippen LogP contribution is -2.03. The van der Waals surface area contributed by atoms with Crippen LogP contribution in [-0.4, -0.2) is 49.1 Å². The largest absolute Gasteiger partial charge is 0.344 e. The highest BCUT2D eigenvalue weighted by molar-refractivity contribution is 7.61. The molecule has 92 valence electrons. The summed E-state index contributed by atoms with van der Waals surface area (Å²) in [6.07, 6.45) is -2.81. The van der Waals surface area contributed by atoms with Crippen LogP contribution in [0.3, 0.4) is 0 Å². The summed E-state index contributed by atoms with van der Waals surface area (Å²) >= 11 is 0. The fourth-order valence-corrected chi connectivity index (χ4v) is 5.49. The smallest absolute Gasteiger partial charge is 0.326 e. The summed E-state index contributed by atoms with van der Waals surface area (Å²) in [7, 11) is -12.6. The van der Waals surface area contributed by atoms with Crippen molar-refractivity contribution in [3.05, 3.63) is 0 Å². The van der Waals surface area contributed by atoms with Gasteiger partial charge < -0.3 is 24.5 Å². The van der Waals surface area contributed by atoms with Crippen LogP contribution in [0.1, 0.15) is 0 Å². The molecular weight excluding hydrogens is 269 g/mol. The molecule has 0 unspecified atom stereocenters. The zero-order valence-electron chi connectivity index (χ0n) is 7.63. The van der Waals surface area contributed by atoms with Gasteiger partial charge >= 0.3 is 15.2 Å². The van der Waals surface area contributed by atoms with Crippen molar-refractivity contribution in [1.82, 2.24) is 0 Å². The second kappa shape index (κ2) is 5.21. The molecule has 0 bridgehead atoms. The SMILES string of the molecule is O=P(O)(O)CCP(=O)(O)CCP(=O)(O)O. The lowest BCUT2D eigenvalue weighted by atomic mass is 10.9. The molecule has 0 amide bonds. The van der Waals surface area contributed by atoms with Crippen LogP contribution < -0.4 is 0 Å². The van der Waals surface area contributed by atoms with Crippen molar-refractivity contribution in [3.8, 4) is 0 Å². The third-order valence-electron chi connectivity index (χ3n) is 1.48. The highest BCUT2D eigenvalue weighted by Crippen LogP contribution is 2.49. The summed E-state index contributed by atoms with van der Waals surface area (Å²) in [5.74, 6) is 0. The molecule has 0 aliphatic heterocycles. The highest BCUT2D eigenvalue weighted by atomic mass is 31.2. The first-order chi connectivity index (χ1) is 6.41. The Labute approximate surface area is 86.1 Å². The van der Waals surface area contributed by atoms with E-state index in [-0.39, 0.29) is 0 Å². The molecule has 0 atom stereocenters. The van der Waals surface area contributed by atoms with Crippen molar-refractivity contribution in [3.63, 3.8) is 0 Å². The standard InChI is InChI=1S/C4H13O8P3/c5-13(6,1-3-14(7,8)9)2-4-15(10,11)12/h1-4H2,(H,5,6)(H2,7,8,9)(H2,10,11,12). The van der Waals surface area contributed by atoms with Crippen molar-refractivity contribution in [2.24, 2.45) is 0 Å². The summed E-state index contributed by atoms with van der Waals surface area (Å²) in [5.41, 5.74) is 0. The lowest BCUT2D eigenvalue weighted by Gasteiger charge is -2.12. The van der Waals surface area contributed by atoms with Gasteiger partial charge in [0.2, 0.25) is 7.37 Å². The Balaban J connectivity index is 4.16. The van der Waals surface area contributed by atoms with Crippen LogP contribution in [0.5, 0.6) is 0 Å². The second-order valence-electron chi connectivity index (χ2n) is 3.07. The average Bonchev–Trinajstić information content (AvgIpc) is 1.96. The van der Waals surface area contributed by atoms with E-state index in [2.05, 4.69) is 0 Å². The molecule has 8 nitrogen and oxygen atoms in total. The van der Waals surface area contributed by atoms with Gasteiger partial charge in [-0.05, 0) is 0 Å². The van der Waals surface area contributed by atoms with E-state index in [0.717, 1.165) is 0 Å². The molecule has 0 aromatic rings. The molecule has 0 rings (SSSR count). The minimum Gasteiger partial charge on any atom is -0.344 e. The Morgan fingerprint density at radius 1 is 0.600 bits per heavy atom. The quantitative estimate of drug-likeness (QED) is 0.413. The zero-order chi connectivity index (χ0) is 12.3. The topological polar surface area (TPSA) is 152 Å². The molecule has 0 aliphatic rings. The number of hydrogen-bond acceptors (Lipinski definition) is 3. The van der Waals surface area contributed by atoms with Gasteiger partial charge in [0.25, 0.3) is 0 Å². The van der Waals surface area contributed by atoms with E-state index in [1.807, 2.05) is 0 Å². The summed E-state index contributed by atoms with van der Waals surface area (Å²) in [5, 5.41) is 0. The van der Waals surface area contributed by atoms with Crippen molar-refractivity contribution < 1.29 is 38.2 Å². The van der Waals surface area contributed by atoms with Crippen molar-refractivity contribution in [2.45, 2.75) is 0 Å². The van der Waals surface area contributed by atoms with Gasteiger partial charge in [-0.25, -0.2) is 0 Å². The molecule has 0 saturated heterocycles. The van der Waals surface area contributed by atoms with Crippen molar-refractivity contribution in [2.75, 3.05) is 24.6 Å². The number of hydrogen-bond donors (Lipinski definition) is 5. The molecule has 0 aromatic heterocycles. The average molecular weight is 282 g/mol. The molecule has 0 saturated carbocycles. The monoisotopic (exact) mass is 282 g/mol. The number of rotatable bonds is 6. The van der Waals surface area contributed by atoms with E-state index in [1.165, 1.54) is 0 Å². The molecule has 0 radical (unpaired) electrons. The molecule has 0 aromatic carbocycles. The van der Waals surface area contributed by atoms with Crippen molar-refractivity contribution >= 4 is 22.6 Å². The van der Waals surface area contributed by atoms with Crippen LogP contribution in [0.15, 0.2) is 0 Å².